The van der Waals surface area contributed by atoms with Crippen LogP contribution in [0.25, 0.3) is 11.1 Å². The number of carbonyl (C=O) groups is 2. The first-order valence-corrected chi connectivity index (χ1v) is 10.6. The third-order valence-electron chi connectivity index (χ3n) is 5.46. The van der Waals surface area contributed by atoms with Gasteiger partial charge in [-0.3, -0.25) is 9.59 Å². The first kappa shape index (κ1) is 20.8. The molecule has 31 heavy (non-hydrogen) atoms. The van der Waals surface area contributed by atoms with E-state index in [1.807, 2.05) is 61.5 Å². The van der Waals surface area contributed by atoms with E-state index >= 15 is 0 Å². The van der Waals surface area contributed by atoms with Crippen molar-refractivity contribution in [2.24, 2.45) is 0 Å². The Bertz CT molecular complexity index is 1100. The molecular formula is C26H26N2O3. The monoisotopic (exact) mass is 414 g/mol. The normalized spacial score (nSPS) is 13.0. The fourth-order valence-corrected chi connectivity index (χ4v) is 3.51. The highest BCUT2D eigenvalue weighted by Crippen LogP contribution is 2.26. The molecule has 3 aromatic rings. The molecule has 0 spiro atoms. The molecule has 1 fully saturated rings. The van der Waals surface area contributed by atoms with Gasteiger partial charge >= 0.3 is 0 Å². The summed E-state index contributed by atoms with van der Waals surface area (Å²) in [7, 11) is 0. The second-order valence-corrected chi connectivity index (χ2v) is 7.98. The van der Waals surface area contributed by atoms with Crippen LogP contribution >= 0.6 is 0 Å². The average molecular weight is 415 g/mol. The van der Waals surface area contributed by atoms with E-state index < -0.39 is 0 Å². The minimum absolute atomic E-state index is 0.0387. The van der Waals surface area contributed by atoms with Gasteiger partial charge in [0.25, 0.3) is 11.8 Å². The maximum Gasteiger partial charge on any atom is 0.255 e. The van der Waals surface area contributed by atoms with E-state index in [1.54, 1.807) is 12.1 Å². The summed E-state index contributed by atoms with van der Waals surface area (Å²) >= 11 is 0. The Labute approximate surface area is 182 Å². The minimum atomic E-state index is -0.193. The van der Waals surface area contributed by atoms with E-state index in [0.29, 0.717) is 29.3 Å². The third-order valence-corrected chi connectivity index (χ3v) is 5.46. The minimum Gasteiger partial charge on any atom is -0.396 e. The number of rotatable bonds is 7. The van der Waals surface area contributed by atoms with Gasteiger partial charge in [-0.25, -0.2) is 0 Å². The summed E-state index contributed by atoms with van der Waals surface area (Å²) in [5, 5.41) is 15.0. The molecule has 0 heterocycles. The van der Waals surface area contributed by atoms with Crippen molar-refractivity contribution < 1.29 is 14.7 Å². The van der Waals surface area contributed by atoms with Crippen LogP contribution < -0.4 is 10.6 Å². The van der Waals surface area contributed by atoms with Gasteiger partial charge in [-0.15, -0.1) is 0 Å². The Morgan fingerprint density at radius 3 is 2.39 bits per heavy atom. The average Bonchev–Trinajstić information content (AvgIpc) is 3.59. The van der Waals surface area contributed by atoms with Crippen LogP contribution in [-0.4, -0.2) is 29.6 Å². The first-order valence-electron chi connectivity index (χ1n) is 10.6. The largest absolute Gasteiger partial charge is 0.396 e. The van der Waals surface area contributed by atoms with Crippen LogP contribution in [0.1, 0.15) is 44.7 Å². The standard InChI is InChI=1S/C26H26N2O3/c1-17-5-6-21(26(31)27-22-11-12-22)16-24(17)19-7-9-20(10-8-19)25(30)28-23-4-2-3-18(15-23)13-14-29/h2-10,15-16,22,29H,11-14H2,1H3,(H,27,31)(H,28,30). The lowest BCUT2D eigenvalue weighted by atomic mass is 9.97. The lowest BCUT2D eigenvalue weighted by molar-refractivity contribution is 0.0950. The molecule has 4 rings (SSSR count). The van der Waals surface area contributed by atoms with Crippen molar-refractivity contribution in [1.29, 1.82) is 0 Å². The molecule has 5 nitrogen and oxygen atoms in total. The van der Waals surface area contributed by atoms with Crippen molar-refractivity contribution in [3.63, 3.8) is 0 Å². The smallest absolute Gasteiger partial charge is 0.255 e. The Hall–Kier alpha value is -3.44. The van der Waals surface area contributed by atoms with Crippen molar-refractivity contribution in [3.8, 4) is 11.1 Å². The Morgan fingerprint density at radius 1 is 0.935 bits per heavy atom. The van der Waals surface area contributed by atoms with Gasteiger partial charge in [0.05, 0.1) is 0 Å². The number of nitrogens with one attached hydrogen (secondary N) is 2. The van der Waals surface area contributed by atoms with Gasteiger partial charge < -0.3 is 15.7 Å². The maximum absolute atomic E-state index is 12.6. The van der Waals surface area contributed by atoms with Crippen LogP contribution in [0.2, 0.25) is 0 Å². The predicted molar refractivity (Wildman–Crippen MR) is 122 cm³/mol. The molecule has 2 amide bonds. The number of amides is 2. The van der Waals surface area contributed by atoms with Crippen molar-refractivity contribution in [2.45, 2.75) is 32.2 Å². The summed E-state index contributed by atoms with van der Waals surface area (Å²) in [5.41, 5.74) is 5.88. The number of hydrogen-bond acceptors (Lipinski definition) is 3. The van der Waals surface area contributed by atoms with Gasteiger partial charge in [0.2, 0.25) is 0 Å². The Kier molecular flexibility index (Phi) is 6.14. The number of carbonyl (C=O) groups excluding carboxylic acids is 2. The van der Waals surface area contributed by atoms with Crippen LogP contribution in [0.5, 0.6) is 0 Å². The van der Waals surface area contributed by atoms with E-state index in [0.717, 1.165) is 35.1 Å². The molecule has 0 aromatic heterocycles. The summed E-state index contributed by atoms with van der Waals surface area (Å²) in [6.45, 7) is 2.08. The number of aliphatic hydroxyl groups excluding tert-OH is 1. The first-order chi connectivity index (χ1) is 15.0. The van der Waals surface area contributed by atoms with Crippen molar-refractivity contribution >= 4 is 17.5 Å². The second-order valence-electron chi connectivity index (χ2n) is 7.98. The second kappa shape index (κ2) is 9.14. The summed E-state index contributed by atoms with van der Waals surface area (Å²) in [4.78, 5) is 25.0. The number of benzene rings is 3. The van der Waals surface area contributed by atoms with Gasteiger partial charge in [0.1, 0.15) is 0 Å². The van der Waals surface area contributed by atoms with Crippen LogP contribution in [0.15, 0.2) is 66.7 Å². The molecule has 0 bridgehead atoms. The number of anilines is 1. The summed E-state index contributed by atoms with van der Waals surface area (Å²) < 4.78 is 0. The third kappa shape index (κ3) is 5.19. The summed E-state index contributed by atoms with van der Waals surface area (Å²) in [6, 6.07) is 20.9. The highest BCUT2D eigenvalue weighted by atomic mass is 16.3. The van der Waals surface area contributed by atoms with Crippen molar-refractivity contribution in [3.05, 3.63) is 89.0 Å². The quantitative estimate of drug-likeness (QED) is 0.538. The molecule has 158 valence electrons. The molecule has 0 radical (unpaired) electrons. The van der Waals surface area contributed by atoms with Crippen LogP contribution in [-0.2, 0) is 6.42 Å². The van der Waals surface area contributed by atoms with Gasteiger partial charge in [-0.2, -0.15) is 0 Å². The predicted octanol–water partition coefficient (Wildman–Crippen LogP) is 4.34. The molecule has 3 N–H and O–H groups in total. The zero-order valence-corrected chi connectivity index (χ0v) is 17.5. The molecular weight excluding hydrogens is 388 g/mol. The molecule has 1 aliphatic rings. The van der Waals surface area contributed by atoms with Crippen LogP contribution in [0.4, 0.5) is 5.69 Å². The van der Waals surface area contributed by atoms with E-state index in [-0.39, 0.29) is 18.4 Å². The number of aryl methyl sites for hydroxylation is 1. The molecule has 3 aromatic carbocycles. The van der Waals surface area contributed by atoms with E-state index in [2.05, 4.69) is 10.6 Å². The van der Waals surface area contributed by atoms with E-state index in [9.17, 15) is 9.59 Å². The number of aliphatic hydroxyl groups is 1. The fourth-order valence-electron chi connectivity index (χ4n) is 3.51. The molecule has 0 aliphatic heterocycles. The zero-order chi connectivity index (χ0) is 21.8. The highest BCUT2D eigenvalue weighted by Gasteiger charge is 2.24. The molecule has 5 heteroatoms. The number of hydrogen-bond donors (Lipinski definition) is 3. The van der Waals surface area contributed by atoms with Crippen molar-refractivity contribution in [2.75, 3.05) is 11.9 Å². The van der Waals surface area contributed by atoms with Crippen LogP contribution in [0.3, 0.4) is 0 Å². The molecule has 1 saturated carbocycles. The summed E-state index contributed by atoms with van der Waals surface area (Å²) in [5.74, 6) is -0.231. The van der Waals surface area contributed by atoms with Gasteiger partial charge in [-0.1, -0.05) is 30.3 Å². The fraction of sp³-hybridized carbons (Fsp3) is 0.231. The maximum atomic E-state index is 12.6. The SMILES string of the molecule is Cc1ccc(C(=O)NC2CC2)cc1-c1ccc(C(=O)Nc2cccc(CCO)c2)cc1. The lowest BCUT2D eigenvalue weighted by Gasteiger charge is -2.11. The molecule has 0 saturated heterocycles. The lowest BCUT2D eigenvalue weighted by Crippen LogP contribution is -2.25. The Balaban J connectivity index is 1.49. The highest BCUT2D eigenvalue weighted by molar-refractivity contribution is 6.04. The Morgan fingerprint density at radius 2 is 1.68 bits per heavy atom. The zero-order valence-electron chi connectivity index (χ0n) is 17.5. The van der Waals surface area contributed by atoms with Crippen LogP contribution in [0, 0.1) is 6.92 Å². The summed E-state index contributed by atoms with van der Waals surface area (Å²) in [6.07, 6.45) is 2.66. The molecule has 0 atom stereocenters. The molecule has 1 aliphatic carbocycles. The van der Waals surface area contributed by atoms with Crippen molar-refractivity contribution in [1.82, 2.24) is 5.32 Å². The van der Waals surface area contributed by atoms with E-state index in [4.69, 9.17) is 5.11 Å². The van der Waals surface area contributed by atoms with Gasteiger partial charge in [0, 0.05) is 29.5 Å². The molecule has 0 unspecified atom stereocenters. The van der Waals surface area contributed by atoms with Gasteiger partial charge in [-0.05, 0) is 84.8 Å². The van der Waals surface area contributed by atoms with E-state index in [1.165, 1.54) is 0 Å². The topological polar surface area (TPSA) is 78.4 Å². The van der Waals surface area contributed by atoms with Gasteiger partial charge in [0.15, 0.2) is 0 Å².